The van der Waals surface area contributed by atoms with E-state index in [1.165, 1.54) is 0 Å². The maximum Gasteiger partial charge on any atom is 2.00 e. The number of aliphatic imine (C=N–C) groups is 1. The molecule has 0 saturated carbocycles. The first-order chi connectivity index (χ1) is 16.5. The summed E-state index contributed by atoms with van der Waals surface area (Å²) < 4.78 is 6.18. The van der Waals surface area contributed by atoms with Crippen LogP contribution in [0.3, 0.4) is 0 Å². The molecule has 178 valence electrons. The van der Waals surface area contributed by atoms with Crippen molar-refractivity contribution in [1.82, 2.24) is 5.32 Å². The zero-order valence-electron chi connectivity index (χ0n) is 19.5. The van der Waals surface area contributed by atoms with Gasteiger partial charge in [-0.15, -0.1) is 35.4 Å². The number of anilines is 1. The molecule has 0 bridgehead atoms. The van der Waals surface area contributed by atoms with Gasteiger partial charge in [-0.05, 0) is 54.1 Å². The number of phenols is 1. The Hall–Kier alpha value is -3.30. The van der Waals surface area contributed by atoms with E-state index in [9.17, 15) is 5.11 Å². The van der Waals surface area contributed by atoms with E-state index in [1.54, 1.807) is 6.67 Å². The van der Waals surface area contributed by atoms with Crippen LogP contribution < -0.4 is 10.2 Å². The number of para-hydroxylation sites is 1. The SMILES string of the molecule is CC1(C)C=CN=C1c1[c-]c(CCc2cc3c(oc4ccccc43)c(N3C=CN[CH-]3)c2O)ccc1.[Pt+2]. The predicted octanol–water partition coefficient (Wildman–Crippen LogP) is 6.22. The number of rotatable bonds is 5. The number of hydrogen-bond acceptors (Lipinski definition) is 5. The van der Waals surface area contributed by atoms with E-state index in [2.05, 4.69) is 66.6 Å². The van der Waals surface area contributed by atoms with Crippen molar-refractivity contribution in [2.24, 2.45) is 10.4 Å². The van der Waals surface area contributed by atoms with E-state index in [0.29, 0.717) is 17.7 Å². The summed E-state index contributed by atoms with van der Waals surface area (Å²) in [4.78, 5) is 6.44. The van der Waals surface area contributed by atoms with E-state index in [1.807, 2.05) is 41.7 Å². The summed E-state index contributed by atoms with van der Waals surface area (Å²) in [6.45, 7) is 6.14. The maximum absolute atomic E-state index is 11.3. The van der Waals surface area contributed by atoms with E-state index in [4.69, 9.17) is 4.42 Å². The minimum Gasteiger partial charge on any atom is -0.521 e. The predicted molar refractivity (Wildman–Crippen MR) is 137 cm³/mol. The molecule has 0 fully saturated rings. The molecule has 35 heavy (non-hydrogen) atoms. The number of nitrogens with zero attached hydrogens (tertiary/aromatic N) is 2. The summed E-state index contributed by atoms with van der Waals surface area (Å²) >= 11 is 0. The van der Waals surface area contributed by atoms with Gasteiger partial charge in [0.2, 0.25) is 0 Å². The molecule has 0 radical (unpaired) electrons. The Morgan fingerprint density at radius 2 is 1.97 bits per heavy atom. The second-order valence-corrected chi connectivity index (χ2v) is 9.33. The van der Waals surface area contributed by atoms with Crippen LogP contribution in [-0.2, 0) is 33.9 Å². The monoisotopic (exact) mass is 642 g/mol. The number of allylic oxidation sites excluding steroid dienone is 1. The van der Waals surface area contributed by atoms with Gasteiger partial charge in [-0.25, -0.2) is 0 Å². The number of aromatic hydroxyl groups is 1. The molecular formula is C29H25N3O2Pt. The van der Waals surface area contributed by atoms with Crippen molar-refractivity contribution in [3.05, 3.63) is 103 Å². The molecule has 0 saturated heterocycles. The topological polar surface area (TPSA) is 61.0 Å². The molecule has 2 aliphatic heterocycles. The molecule has 3 heterocycles. The van der Waals surface area contributed by atoms with Gasteiger partial charge in [-0.2, -0.15) is 6.67 Å². The molecule has 1 aromatic heterocycles. The Balaban J connectivity index is 0.00000253. The van der Waals surface area contributed by atoms with Gasteiger partial charge < -0.3 is 24.7 Å². The zero-order valence-corrected chi connectivity index (χ0v) is 21.8. The van der Waals surface area contributed by atoms with Crippen LogP contribution in [0.5, 0.6) is 5.75 Å². The first-order valence-electron chi connectivity index (χ1n) is 11.5. The third kappa shape index (κ3) is 4.08. The molecule has 6 rings (SSSR count). The van der Waals surface area contributed by atoms with Crippen LogP contribution in [0.15, 0.2) is 82.6 Å². The minimum absolute atomic E-state index is 0. The number of fused-ring (bicyclic) bond motifs is 3. The summed E-state index contributed by atoms with van der Waals surface area (Å²) in [7, 11) is 0. The molecule has 4 aromatic rings. The standard InChI is InChI=1S/C29H25N3O2.Pt/c1-29(2)12-13-31-28(29)21-7-5-6-19(16-21)10-11-20-17-23-22-8-3-4-9-24(22)34-27(23)25(26(20)33)32-15-14-30-18-32;/h3-9,12-15,17-18,30,33H,10-11H2,1-2H3;/q-2;+2. The summed E-state index contributed by atoms with van der Waals surface area (Å²) in [6, 6.07) is 19.8. The fourth-order valence-electron chi connectivity index (χ4n) is 4.78. The largest absolute Gasteiger partial charge is 2.00 e. The average Bonchev–Trinajstić information content (AvgIpc) is 3.56. The summed E-state index contributed by atoms with van der Waals surface area (Å²) in [5, 5.41) is 16.4. The number of aryl methyl sites for hydroxylation is 2. The maximum atomic E-state index is 11.3. The van der Waals surface area contributed by atoms with Crippen molar-refractivity contribution in [3.8, 4) is 5.75 Å². The number of benzene rings is 3. The Morgan fingerprint density at radius 3 is 2.74 bits per heavy atom. The summed E-state index contributed by atoms with van der Waals surface area (Å²) in [5.41, 5.74) is 6.07. The van der Waals surface area contributed by atoms with Gasteiger partial charge in [0.15, 0.2) is 5.58 Å². The van der Waals surface area contributed by atoms with Crippen molar-refractivity contribution >= 4 is 33.3 Å². The van der Waals surface area contributed by atoms with Crippen LogP contribution in [-0.4, -0.2) is 10.8 Å². The first kappa shape index (κ1) is 23.4. The molecule has 0 aliphatic carbocycles. The first-order valence-corrected chi connectivity index (χ1v) is 11.5. The zero-order chi connectivity index (χ0) is 23.3. The van der Waals surface area contributed by atoms with Crippen LogP contribution in [0.2, 0.25) is 0 Å². The van der Waals surface area contributed by atoms with Crippen LogP contribution in [0.25, 0.3) is 21.9 Å². The van der Waals surface area contributed by atoms with E-state index in [0.717, 1.165) is 45.2 Å². The van der Waals surface area contributed by atoms with Crippen LogP contribution >= 0.6 is 0 Å². The Bertz CT molecular complexity index is 1510. The molecule has 5 nitrogen and oxygen atoms in total. The summed E-state index contributed by atoms with van der Waals surface area (Å²) in [6.07, 6.45) is 9.11. The Kier molecular flexibility index (Phi) is 6.06. The average molecular weight is 643 g/mol. The van der Waals surface area contributed by atoms with Gasteiger partial charge in [0.05, 0.1) is 5.69 Å². The van der Waals surface area contributed by atoms with Crippen molar-refractivity contribution in [2.45, 2.75) is 26.7 Å². The van der Waals surface area contributed by atoms with Gasteiger partial charge in [-0.3, -0.25) is 0 Å². The molecule has 3 aromatic carbocycles. The molecule has 0 spiro atoms. The van der Waals surface area contributed by atoms with Gasteiger partial charge in [-0.1, -0.05) is 38.1 Å². The van der Waals surface area contributed by atoms with Crippen LogP contribution in [0.4, 0.5) is 5.69 Å². The van der Waals surface area contributed by atoms with E-state index in [-0.39, 0.29) is 32.2 Å². The van der Waals surface area contributed by atoms with Crippen molar-refractivity contribution in [2.75, 3.05) is 4.90 Å². The fraction of sp³-hybridized carbons (Fsp3) is 0.172. The third-order valence-corrected chi connectivity index (χ3v) is 6.58. The fourth-order valence-corrected chi connectivity index (χ4v) is 4.78. The van der Waals surface area contributed by atoms with Gasteiger partial charge in [0.25, 0.3) is 0 Å². The number of nitrogens with one attached hydrogen (secondary N) is 1. The molecule has 2 N–H and O–H groups in total. The quantitative estimate of drug-likeness (QED) is 0.254. The van der Waals surface area contributed by atoms with E-state index >= 15 is 0 Å². The van der Waals surface area contributed by atoms with Gasteiger partial charge >= 0.3 is 21.1 Å². The van der Waals surface area contributed by atoms with Crippen molar-refractivity contribution in [1.29, 1.82) is 0 Å². The van der Waals surface area contributed by atoms with Crippen molar-refractivity contribution in [3.63, 3.8) is 0 Å². The summed E-state index contributed by atoms with van der Waals surface area (Å²) in [5.74, 6) is 0.234. The third-order valence-electron chi connectivity index (χ3n) is 6.58. The number of hydrogen-bond donors (Lipinski definition) is 2. The van der Waals surface area contributed by atoms with Crippen LogP contribution in [0, 0.1) is 18.2 Å². The van der Waals surface area contributed by atoms with Gasteiger partial charge in [0, 0.05) is 17.0 Å². The number of furan rings is 1. The molecule has 0 atom stereocenters. The number of phenolic OH excluding ortho intramolecular Hbond substituents is 1. The Morgan fingerprint density at radius 1 is 1.11 bits per heavy atom. The van der Waals surface area contributed by atoms with Gasteiger partial charge in [0.1, 0.15) is 11.3 Å². The molecule has 0 amide bonds. The molecule has 2 aliphatic rings. The van der Waals surface area contributed by atoms with Crippen LogP contribution in [0.1, 0.15) is 30.5 Å². The second kappa shape index (κ2) is 9.05. The molecule has 6 heteroatoms. The second-order valence-electron chi connectivity index (χ2n) is 9.33. The smallest absolute Gasteiger partial charge is 0.521 e. The molecular weight excluding hydrogens is 617 g/mol. The molecule has 0 unspecified atom stereocenters. The minimum atomic E-state index is -0.0938. The van der Waals surface area contributed by atoms with Crippen molar-refractivity contribution < 1.29 is 30.6 Å². The Labute approximate surface area is 219 Å². The van der Waals surface area contributed by atoms with E-state index < -0.39 is 0 Å². The normalized spacial score (nSPS) is 16.1.